The van der Waals surface area contributed by atoms with Crippen LogP contribution in [0.15, 0.2) is 10.5 Å². The number of hydrogen-bond donors (Lipinski definition) is 3. The first-order valence-corrected chi connectivity index (χ1v) is 5.26. The van der Waals surface area contributed by atoms with Gasteiger partial charge >= 0.3 is 0 Å². The fraction of sp³-hybridized carbons (Fsp3) is 0.250. The molecule has 0 aromatic heterocycles. The third-order valence-electron chi connectivity index (χ3n) is 1.76. The van der Waals surface area contributed by atoms with Crippen LogP contribution in [0.5, 0.6) is 5.75 Å². The molecule has 0 heterocycles. The van der Waals surface area contributed by atoms with Crippen molar-refractivity contribution in [3.63, 3.8) is 0 Å². The number of benzene rings is 1. The SMILES string of the molecule is N[C@@H](CO)c1cc(Cl)c(Cl)c(Br)c1O. The third kappa shape index (κ3) is 2.15. The first kappa shape index (κ1) is 12.1. The third-order valence-corrected chi connectivity index (χ3v) is 3.55. The largest absolute Gasteiger partial charge is 0.506 e. The van der Waals surface area contributed by atoms with Crippen LogP contribution in [-0.4, -0.2) is 16.8 Å². The lowest BCUT2D eigenvalue weighted by atomic mass is 10.1. The van der Waals surface area contributed by atoms with E-state index in [9.17, 15) is 5.11 Å². The molecule has 0 aliphatic rings. The molecular weight excluding hydrogens is 293 g/mol. The Hall–Kier alpha value is -0.000000000000000111. The smallest absolute Gasteiger partial charge is 0.136 e. The molecule has 1 rings (SSSR count). The minimum Gasteiger partial charge on any atom is -0.506 e. The first-order valence-electron chi connectivity index (χ1n) is 3.71. The summed E-state index contributed by atoms with van der Waals surface area (Å²) in [6.07, 6.45) is 0. The van der Waals surface area contributed by atoms with E-state index in [0.717, 1.165) is 0 Å². The number of aromatic hydroxyl groups is 1. The summed E-state index contributed by atoms with van der Waals surface area (Å²) in [6, 6.07) is 0.756. The predicted octanol–water partition coefficient (Wildman–Crippen LogP) is 2.45. The molecule has 0 radical (unpaired) electrons. The van der Waals surface area contributed by atoms with Gasteiger partial charge in [0.25, 0.3) is 0 Å². The van der Waals surface area contributed by atoms with Crippen molar-refractivity contribution in [3.05, 3.63) is 26.1 Å². The molecule has 1 atom stereocenters. The van der Waals surface area contributed by atoms with E-state index in [1.807, 2.05) is 0 Å². The molecule has 0 amide bonds. The van der Waals surface area contributed by atoms with Gasteiger partial charge in [-0.25, -0.2) is 0 Å². The van der Waals surface area contributed by atoms with Gasteiger partial charge in [0.05, 0.1) is 27.2 Å². The van der Waals surface area contributed by atoms with Gasteiger partial charge in [0.2, 0.25) is 0 Å². The van der Waals surface area contributed by atoms with Gasteiger partial charge in [-0.1, -0.05) is 23.2 Å². The van der Waals surface area contributed by atoms with Gasteiger partial charge in [-0.05, 0) is 22.0 Å². The standard InChI is InChI=1S/C8H8BrCl2NO2/c9-6-7(11)4(10)1-3(8(6)14)5(12)2-13/h1,5,13-14H,2,12H2/t5-/m0/s1. The highest BCUT2D eigenvalue weighted by atomic mass is 79.9. The van der Waals surface area contributed by atoms with Crippen LogP contribution in [-0.2, 0) is 0 Å². The summed E-state index contributed by atoms with van der Waals surface area (Å²) >= 11 is 14.6. The van der Waals surface area contributed by atoms with E-state index in [-0.39, 0.29) is 26.9 Å². The molecule has 0 spiro atoms. The number of phenolic OH excluding ortho intramolecular Hbond substituents is 1. The molecule has 0 aliphatic carbocycles. The molecule has 0 saturated heterocycles. The lowest BCUT2D eigenvalue weighted by Crippen LogP contribution is -2.14. The Morgan fingerprint density at radius 3 is 2.57 bits per heavy atom. The summed E-state index contributed by atoms with van der Waals surface area (Å²) in [5.41, 5.74) is 5.91. The predicted molar refractivity (Wildman–Crippen MR) is 59.8 cm³/mol. The van der Waals surface area contributed by atoms with Crippen molar-refractivity contribution in [1.82, 2.24) is 0 Å². The van der Waals surface area contributed by atoms with Crippen LogP contribution in [0, 0.1) is 0 Å². The molecule has 0 saturated carbocycles. The maximum absolute atomic E-state index is 9.62. The zero-order valence-corrected chi connectivity index (χ0v) is 10.1. The number of rotatable bonds is 2. The van der Waals surface area contributed by atoms with E-state index < -0.39 is 6.04 Å². The summed E-state index contributed by atoms with van der Waals surface area (Å²) < 4.78 is 0.283. The van der Waals surface area contributed by atoms with Gasteiger partial charge in [-0.3, -0.25) is 0 Å². The van der Waals surface area contributed by atoms with E-state index in [1.54, 1.807) is 0 Å². The lowest BCUT2D eigenvalue weighted by Gasteiger charge is -2.13. The highest BCUT2D eigenvalue weighted by Gasteiger charge is 2.17. The molecule has 6 heteroatoms. The topological polar surface area (TPSA) is 66.5 Å². The van der Waals surface area contributed by atoms with E-state index >= 15 is 0 Å². The van der Waals surface area contributed by atoms with E-state index in [0.29, 0.717) is 5.56 Å². The first-order chi connectivity index (χ1) is 6.49. The van der Waals surface area contributed by atoms with Crippen LogP contribution >= 0.6 is 39.1 Å². The van der Waals surface area contributed by atoms with Crippen molar-refractivity contribution < 1.29 is 10.2 Å². The summed E-state index contributed by atoms with van der Waals surface area (Å²) in [5, 5.41) is 19.0. The van der Waals surface area contributed by atoms with Crippen molar-refractivity contribution >= 4 is 39.1 Å². The quantitative estimate of drug-likeness (QED) is 0.735. The average molecular weight is 301 g/mol. The van der Waals surface area contributed by atoms with Crippen LogP contribution in [0.25, 0.3) is 0 Å². The summed E-state index contributed by atoms with van der Waals surface area (Å²) in [7, 11) is 0. The molecule has 78 valence electrons. The molecule has 1 aromatic carbocycles. The highest BCUT2D eigenvalue weighted by molar-refractivity contribution is 9.10. The molecule has 0 bridgehead atoms. The fourth-order valence-electron chi connectivity index (χ4n) is 0.985. The number of hydrogen-bond acceptors (Lipinski definition) is 3. The molecular formula is C8H8BrCl2NO2. The molecule has 0 unspecified atom stereocenters. The zero-order valence-electron chi connectivity index (χ0n) is 6.97. The molecule has 14 heavy (non-hydrogen) atoms. The number of aliphatic hydroxyl groups is 1. The van der Waals surface area contributed by atoms with Crippen LogP contribution in [0.1, 0.15) is 11.6 Å². The molecule has 4 N–H and O–H groups in total. The Bertz CT molecular complexity index is 360. The van der Waals surface area contributed by atoms with Gasteiger partial charge in [-0.2, -0.15) is 0 Å². The van der Waals surface area contributed by atoms with Crippen LogP contribution in [0.2, 0.25) is 10.0 Å². The minimum absolute atomic E-state index is 0.0963. The average Bonchev–Trinajstić information content (AvgIpc) is 2.19. The Morgan fingerprint density at radius 2 is 2.07 bits per heavy atom. The summed E-state index contributed by atoms with van der Waals surface area (Å²) in [6.45, 7) is -0.280. The summed E-state index contributed by atoms with van der Waals surface area (Å²) in [5.74, 6) is -0.0963. The van der Waals surface area contributed by atoms with Gasteiger partial charge in [0.15, 0.2) is 0 Å². The second-order valence-corrected chi connectivity index (χ2v) is 4.29. The van der Waals surface area contributed by atoms with E-state index in [4.69, 9.17) is 34.0 Å². The normalized spacial score (nSPS) is 12.9. The Labute approximate surface area is 99.6 Å². The second-order valence-electron chi connectivity index (χ2n) is 2.71. The zero-order chi connectivity index (χ0) is 10.9. The van der Waals surface area contributed by atoms with Gasteiger partial charge in [-0.15, -0.1) is 0 Å². The van der Waals surface area contributed by atoms with E-state index in [1.165, 1.54) is 6.07 Å². The van der Waals surface area contributed by atoms with Crippen molar-refractivity contribution in [2.75, 3.05) is 6.61 Å². The monoisotopic (exact) mass is 299 g/mol. The summed E-state index contributed by atoms with van der Waals surface area (Å²) in [4.78, 5) is 0. The van der Waals surface area contributed by atoms with Crippen LogP contribution < -0.4 is 5.73 Å². The number of nitrogens with two attached hydrogens (primary N) is 1. The highest BCUT2D eigenvalue weighted by Crippen LogP contribution is 2.41. The van der Waals surface area contributed by atoms with Crippen molar-refractivity contribution in [3.8, 4) is 5.75 Å². The van der Waals surface area contributed by atoms with Crippen molar-refractivity contribution in [2.45, 2.75) is 6.04 Å². The van der Waals surface area contributed by atoms with Crippen molar-refractivity contribution in [2.24, 2.45) is 5.73 Å². The van der Waals surface area contributed by atoms with Crippen LogP contribution in [0.3, 0.4) is 0 Å². The minimum atomic E-state index is -0.680. The van der Waals surface area contributed by atoms with E-state index in [2.05, 4.69) is 15.9 Å². The Balaban J connectivity index is 3.33. The molecule has 0 aliphatic heterocycles. The Kier molecular flexibility index (Phi) is 4.04. The lowest BCUT2D eigenvalue weighted by molar-refractivity contribution is 0.265. The molecule has 1 aromatic rings. The van der Waals surface area contributed by atoms with Crippen LogP contribution in [0.4, 0.5) is 0 Å². The number of phenols is 1. The second kappa shape index (κ2) is 4.68. The van der Waals surface area contributed by atoms with Gasteiger partial charge < -0.3 is 15.9 Å². The van der Waals surface area contributed by atoms with Gasteiger partial charge in [0, 0.05) is 5.56 Å². The number of halogens is 3. The van der Waals surface area contributed by atoms with Crippen molar-refractivity contribution in [1.29, 1.82) is 0 Å². The fourth-order valence-corrected chi connectivity index (χ4v) is 1.90. The Morgan fingerprint density at radius 1 is 1.50 bits per heavy atom. The maximum Gasteiger partial charge on any atom is 0.136 e. The molecule has 3 nitrogen and oxygen atoms in total. The van der Waals surface area contributed by atoms with Gasteiger partial charge in [0.1, 0.15) is 5.75 Å². The molecule has 0 fully saturated rings. The maximum atomic E-state index is 9.62. The number of aliphatic hydroxyl groups excluding tert-OH is 1.